The Morgan fingerprint density at radius 3 is 2.44 bits per heavy atom. The van der Waals surface area contributed by atoms with Crippen LogP contribution in [-0.2, 0) is 4.79 Å². The van der Waals surface area contributed by atoms with E-state index in [9.17, 15) is 4.79 Å². The lowest BCUT2D eigenvalue weighted by Gasteiger charge is -2.38. The van der Waals surface area contributed by atoms with Crippen LogP contribution >= 0.6 is 0 Å². The van der Waals surface area contributed by atoms with Crippen molar-refractivity contribution < 1.29 is 4.79 Å². The first-order valence-electron chi connectivity index (χ1n) is 6.75. The van der Waals surface area contributed by atoms with Crippen LogP contribution in [0.2, 0.25) is 0 Å². The Hall–Kier alpha value is -0.570. The van der Waals surface area contributed by atoms with Crippen molar-refractivity contribution in [1.82, 2.24) is 4.90 Å². The first-order valence-corrected chi connectivity index (χ1v) is 6.75. The highest BCUT2D eigenvalue weighted by molar-refractivity contribution is 5.76. The molecule has 1 saturated heterocycles. The number of carbonyl (C=O) groups excluding carboxylic acids is 1. The third-order valence-electron chi connectivity index (χ3n) is 3.39. The smallest absolute Gasteiger partial charge is 0.222 e. The molecule has 1 fully saturated rings. The zero-order valence-corrected chi connectivity index (χ0v) is 10.6. The summed E-state index contributed by atoms with van der Waals surface area (Å²) in [5, 5.41) is 0. The van der Waals surface area contributed by atoms with Crippen LogP contribution in [-0.4, -0.2) is 30.4 Å². The van der Waals surface area contributed by atoms with E-state index in [2.05, 4.69) is 6.92 Å². The maximum Gasteiger partial charge on any atom is 0.222 e. The van der Waals surface area contributed by atoms with E-state index < -0.39 is 0 Å². The molecule has 0 aromatic rings. The molecule has 3 nitrogen and oxygen atoms in total. The van der Waals surface area contributed by atoms with Crippen LogP contribution in [0.4, 0.5) is 0 Å². The van der Waals surface area contributed by atoms with E-state index in [4.69, 9.17) is 5.73 Å². The Bertz CT molecular complexity index is 200. The molecule has 1 rings (SSSR count). The van der Waals surface area contributed by atoms with Gasteiger partial charge in [0, 0.05) is 25.4 Å². The van der Waals surface area contributed by atoms with E-state index in [1.807, 2.05) is 4.90 Å². The molecular weight excluding hydrogens is 200 g/mol. The maximum absolute atomic E-state index is 11.7. The Morgan fingerprint density at radius 1 is 1.19 bits per heavy atom. The van der Waals surface area contributed by atoms with E-state index in [-0.39, 0.29) is 0 Å². The first-order chi connectivity index (χ1) is 7.77. The predicted octanol–water partition coefficient (Wildman–Crippen LogP) is 2.15. The fourth-order valence-corrected chi connectivity index (χ4v) is 2.14. The van der Waals surface area contributed by atoms with Gasteiger partial charge in [0.05, 0.1) is 0 Å². The quantitative estimate of drug-likeness (QED) is 0.645. The summed E-state index contributed by atoms with van der Waals surface area (Å²) in [5.74, 6) is 0.897. The zero-order valence-electron chi connectivity index (χ0n) is 10.6. The second kappa shape index (κ2) is 7.66. The maximum atomic E-state index is 11.7. The number of rotatable bonds is 8. The minimum atomic E-state index is 0.334. The van der Waals surface area contributed by atoms with E-state index in [1.54, 1.807) is 0 Å². The van der Waals surface area contributed by atoms with Gasteiger partial charge in [-0.25, -0.2) is 0 Å². The van der Waals surface area contributed by atoms with Crippen molar-refractivity contribution in [2.45, 2.75) is 51.9 Å². The molecule has 16 heavy (non-hydrogen) atoms. The fourth-order valence-electron chi connectivity index (χ4n) is 2.14. The molecule has 2 N–H and O–H groups in total. The number of carbonyl (C=O) groups is 1. The summed E-state index contributed by atoms with van der Waals surface area (Å²) in [4.78, 5) is 13.6. The Kier molecular flexibility index (Phi) is 6.46. The largest absolute Gasteiger partial charge is 0.342 e. The Morgan fingerprint density at radius 2 is 1.81 bits per heavy atom. The summed E-state index contributed by atoms with van der Waals surface area (Å²) in [6.45, 7) is 4.73. The first kappa shape index (κ1) is 13.5. The van der Waals surface area contributed by atoms with Crippen LogP contribution in [0.3, 0.4) is 0 Å². The number of likely N-dealkylation sites (tertiary alicyclic amines) is 1. The second-order valence-electron chi connectivity index (χ2n) is 4.92. The minimum absolute atomic E-state index is 0.334. The lowest BCUT2D eigenvalue weighted by Crippen LogP contribution is -2.52. The molecule has 0 aromatic carbocycles. The van der Waals surface area contributed by atoms with Crippen molar-refractivity contribution in [3.63, 3.8) is 0 Å². The Balaban J connectivity index is 1.91. The number of hydrogen-bond donors (Lipinski definition) is 1. The van der Waals surface area contributed by atoms with Gasteiger partial charge in [0.2, 0.25) is 5.91 Å². The highest BCUT2D eigenvalue weighted by Crippen LogP contribution is 2.16. The van der Waals surface area contributed by atoms with Crippen molar-refractivity contribution in [2.75, 3.05) is 19.6 Å². The number of nitrogens with zero attached hydrogens (tertiary/aromatic N) is 1. The standard InChI is InChI=1S/C13H26N2O/c1-2-3-4-5-6-7-8-13(16)15-10-12(9-14)11-15/h12H,2-11,14H2,1H3. The summed E-state index contributed by atoms with van der Waals surface area (Å²) in [5.41, 5.74) is 5.53. The molecule has 94 valence electrons. The van der Waals surface area contributed by atoms with Gasteiger partial charge in [-0.15, -0.1) is 0 Å². The van der Waals surface area contributed by atoms with Crippen molar-refractivity contribution in [3.8, 4) is 0 Å². The average molecular weight is 226 g/mol. The number of unbranched alkanes of at least 4 members (excludes halogenated alkanes) is 5. The van der Waals surface area contributed by atoms with Gasteiger partial charge in [0.1, 0.15) is 0 Å². The fraction of sp³-hybridized carbons (Fsp3) is 0.923. The molecule has 1 aliphatic heterocycles. The molecule has 0 spiro atoms. The average Bonchev–Trinajstić information content (AvgIpc) is 2.22. The van der Waals surface area contributed by atoms with Gasteiger partial charge in [-0.2, -0.15) is 0 Å². The third kappa shape index (κ3) is 4.52. The molecule has 0 bridgehead atoms. The molecule has 0 aromatic heterocycles. The minimum Gasteiger partial charge on any atom is -0.342 e. The van der Waals surface area contributed by atoms with E-state index in [0.717, 1.165) is 32.5 Å². The number of amides is 1. The van der Waals surface area contributed by atoms with Crippen LogP contribution in [0.1, 0.15) is 51.9 Å². The SMILES string of the molecule is CCCCCCCCC(=O)N1CC(CN)C1. The molecule has 0 aliphatic carbocycles. The number of hydrogen-bond acceptors (Lipinski definition) is 2. The highest BCUT2D eigenvalue weighted by atomic mass is 16.2. The molecule has 3 heteroatoms. The third-order valence-corrected chi connectivity index (χ3v) is 3.39. The summed E-state index contributed by atoms with van der Waals surface area (Å²) >= 11 is 0. The summed E-state index contributed by atoms with van der Waals surface area (Å²) in [6, 6.07) is 0. The van der Waals surface area contributed by atoms with E-state index in [0.29, 0.717) is 11.8 Å². The summed E-state index contributed by atoms with van der Waals surface area (Å²) in [6.07, 6.45) is 8.23. The molecule has 1 amide bonds. The van der Waals surface area contributed by atoms with Gasteiger partial charge in [-0.05, 0) is 13.0 Å². The Labute approximate surface area is 99.4 Å². The molecular formula is C13H26N2O. The van der Waals surface area contributed by atoms with Crippen molar-refractivity contribution in [2.24, 2.45) is 11.7 Å². The topological polar surface area (TPSA) is 46.3 Å². The molecule has 1 heterocycles. The normalized spacial score (nSPS) is 16.2. The molecule has 0 atom stereocenters. The van der Waals surface area contributed by atoms with Crippen LogP contribution in [0, 0.1) is 5.92 Å². The van der Waals surface area contributed by atoms with Gasteiger partial charge in [-0.3, -0.25) is 4.79 Å². The summed E-state index contributed by atoms with van der Waals surface area (Å²) in [7, 11) is 0. The van der Waals surface area contributed by atoms with Gasteiger partial charge in [0.25, 0.3) is 0 Å². The molecule has 0 saturated carbocycles. The van der Waals surface area contributed by atoms with Crippen molar-refractivity contribution in [1.29, 1.82) is 0 Å². The zero-order chi connectivity index (χ0) is 11.8. The van der Waals surface area contributed by atoms with Gasteiger partial charge in [-0.1, -0.05) is 39.0 Å². The van der Waals surface area contributed by atoms with Gasteiger partial charge >= 0.3 is 0 Å². The predicted molar refractivity (Wildman–Crippen MR) is 67.1 cm³/mol. The van der Waals surface area contributed by atoms with Crippen LogP contribution < -0.4 is 5.73 Å². The van der Waals surface area contributed by atoms with E-state index >= 15 is 0 Å². The lowest BCUT2D eigenvalue weighted by molar-refractivity contribution is -0.137. The summed E-state index contributed by atoms with van der Waals surface area (Å²) < 4.78 is 0. The monoisotopic (exact) mass is 226 g/mol. The van der Waals surface area contributed by atoms with Gasteiger partial charge in [0.15, 0.2) is 0 Å². The molecule has 0 radical (unpaired) electrons. The van der Waals surface area contributed by atoms with Crippen LogP contribution in [0.15, 0.2) is 0 Å². The van der Waals surface area contributed by atoms with Crippen LogP contribution in [0.5, 0.6) is 0 Å². The number of nitrogens with two attached hydrogens (primary N) is 1. The van der Waals surface area contributed by atoms with Crippen molar-refractivity contribution in [3.05, 3.63) is 0 Å². The van der Waals surface area contributed by atoms with Gasteiger partial charge < -0.3 is 10.6 Å². The molecule has 0 unspecified atom stereocenters. The van der Waals surface area contributed by atoms with Crippen molar-refractivity contribution >= 4 is 5.91 Å². The molecule has 1 aliphatic rings. The highest BCUT2D eigenvalue weighted by Gasteiger charge is 2.28. The van der Waals surface area contributed by atoms with E-state index in [1.165, 1.54) is 32.1 Å². The second-order valence-corrected chi connectivity index (χ2v) is 4.92. The van der Waals surface area contributed by atoms with Crippen LogP contribution in [0.25, 0.3) is 0 Å². The lowest BCUT2D eigenvalue weighted by atomic mass is 9.99.